The monoisotopic (exact) mass is 344 g/mol. The summed E-state index contributed by atoms with van der Waals surface area (Å²) in [6.45, 7) is 6.44. The number of benzene rings is 1. The second-order valence-electron chi connectivity index (χ2n) is 5.88. The average molecular weight is 345 g/mol. The van der Waals surface area contributed by atoms with Crippen molar-refractivity contribution in [2.45, 2.75) is 31.6 Å². The van der Waals surface area contributed by atoms with Gasteiger partial charge in [0.1, 0.15) is 0 Å². The first kappa shape index (κ1) is 19.2. The van der Waals surface area contributed by atoms with E-state index in [1.165, 1.54) is 5.56 Å². The van der Waals surface area contributed by atoms with Crippen molar-refractivity contribution in [2.24, 2.45) is 5.92 Å². The number of hydrogen-bond acceptors (Lipinski definition) is 3. The quantitative estimate of drug-likeness (QED) is 0.779. The molecule has 4 nitrogen and oxygen atoms in total. The van der Waals surface area contributed by atoms with Crippen LogP contribution in [0.5, 0.6) is 0 Å². The van der Waals surface area contributed by atoms with Crippen molar-refractivity contribution >= 4 is 22.4 Å². The topological polar surface area (TPSA) is 58.2 Å². The molecule has 0 radical (unpaired) electrons. The molecule has 0 aliphatic carbocycles. The van der Waals surface area contributed by atoms with Gasteiger partial charge < -0.3 is 5.32 Å². The van der Waals surface area contributed by atoms with Crippen molar-refractivity contribution in [2.75, 3.05) is 19.6 Å². The van der Waals surface area contributed by atoms with Gasteiger partial charge in [-0.1, -0.05) is 37.6 Å². The van der Waals surface area contributed by atoms with Crippen molar-refractivity contribution in [1.29, 1.82) is 0 Å². The van der Waals surface area contributed by atoms with E-state index in [2.05, 4.69) is 30.0 Å². The molecule has 1 heterocycles. The summed E-state index contributed by atoms with van der Waals surface area (Å²) in [5.74, 6) is 0.567. The zero-order chi connectivity index (χ0) is 15.3. The van der Waals surface area contributed by atoms with E-state index in [1.807, 2.05) is 12.1 Å². The summed E-state index contributed by atoms with van der Waals surface area (Å²) in [4.78, 5) is 0.338. The lowest BCUT2D eigenvalue weighted by molar-refractivity contribution is 0.582. The average Bonchev–Trinajstić information content (AvgIpc) is 2.46. The number of hydrogen-bond donors (Lipinski definition) is 2. The largest absolute Gasteiger partial charge is 0.313 e. The molecule has 1 aromatic carbocycles. The van der Waals surface area contributed by atoms with Gasteiger partial charge >= 0.3 is 0 Å². The zero-order valence-corrected chi connectivity index (χ0v) is 14.8. The minimum absolute atomic E-state index is 0. The zero-order valence-electron chi connectivity index (χ0n) is 13.1. The van der Waals surface area contributed by atoms with E-state index in [9.17, 15) is 8.42 Å². The maximum Gasteiger partial charge on any atom is 0.240 e. The molecule has 1 aromatic rings. The first-order valence-electron chi connectivity index (χ1n) is 7.44. The third kappa shape index (κ3) is 5.72. The molecule has 0 saturated heterocycles. The number of sulfonamides is 1. The highest BCUT2D eigenvalue weighted by molar-refractivity contribution is 7.89. The van der Waals surface area contributed by atoms with E-state index in [0.29, 0.717) is 17.4 Å². The SMILES string of the molecule is CC(C)Cc1ccc(S(=O)(=O)NCC2=CCNCC2)cc1.Cl. The minimum atomic E-state index is -3.42. The molecule has 0 fully saturated rings. The molecule has 124 valence electrons. The molecule has 6 heteroatoms. The Kier molecular flexibility index (Phi) is 7.56. The Morgan fingerprint density at radius 2 is 1.91 bits per heavy atom. The molecule has 0 unspecified atom stereocenters. The minimum Gasteiger partial charge on any atom is -0.313 e. The van der Waals surface area contributed by atoms with E-state index in [4.69, 9.17) is 0 Å². The maximum absolute atomic E-state index is 12.3. The van der Waals surface area contributed by atoms with Gasteiger partial charge in [0.05, 0.1) is 4.90 Å². The summed E-state index contributed by atoms with van der Waals surface area (Å²) in [6, 6.07) is 7.18. The van der Waals surface area contributed by atoms with Crippen LogP contribution < -0.4 is 10.0 Å². The van der Waals surface area contributed by atoms with Crippen molar-refractivity contribution in [1.82, 2.24) is 10.0 Å². The van der Waals surface area contributed by atoms with Crippen molar-refractivity contribution in [3.8, 4) is 0 Å². The first-order valence-corrected chi connectivity index (χ1v) is 8.93. The molecule has 22 heavy (non-hydrogen) atoms. The highest BCUT2D eigenvalue weighted by Crippen LogP contribution is 2.14. The molecule has 0 spiro atoms. The maximum atomic E-state index is 12.3. The molecule has 0 amide bonds. The van der Waals surface area contributed by atoms with Crippen LogP contribution in [0.4, 0.5) is 0 Å². The van der Waals surface area contributed by atoms with E-state index < -0.39 is 10.0 Å². The van der Waals surface area contributed by atoms with Crippen LogP contribution in [0.15, 0.2) is 40.8 Å². The summed E-state index contributed by atoms with van der Waals surface area (Å²) in [7, 11) is -3.42. The van der Waals surface area contributed by atoms with Gasteiger partial charge in [0, 0.05) is 13.1 Å². The van der Waals surface area contributed by atoms with Crippen molar-refractivity contribution in [3.63, 3.8) is 0 Å². The Morgan fingerprint density at radius 1 is 1.23 bits per heavy atom. The highest BCUT2D eigenvalue weighted by Gasteiger charge is 2.14. The lowest BCUT2D eigenvalue weighted by atomic mass is 10.0. The van der Waals surface area contributed by atoms with Crippen LogP contribution in [0.25, 0.3) is 0 Å². The summed E-state index contributed by atoms with van der Waals surface area (Å²) >= 11 is 0. The second-order valence-corrected chi connectivity index (χ2v) is 7.65. The molecule has 2 rings (SSSR count). The van der Waals surface area contributed by atoms with Crippen LogP contribution in [-0.2, 0) is 16.4 Å². The van der Waals surface area contributed by atoms with Gasteiger partial charge in [-0.15, -0.1) is 12.4 Å². The van der Waals surface area contributed by atoms with Crippen LogP contribution in [-0.4, -0.2) is 28.1 Å². The predicted molar refractivity (Wildman–Crippen MR) is 93.0 cm³/mol. The van der Waals surface area contributed by atoms with Gasteiger partial charge in [-0.25, -0.2) is 13.1 Å². The fraction of sp³-hybridized carbons (Fsp3) is 0.500. The lowest BCUT2D eigenvalue weighted by Crippen LogP contribution is -2.29. The Hall–Kier alpha value is -0.880. The Balaban J connectivity index is 0.00000242. The van der Waals surface area contributed by atoms with Gasteiger partial charge in [0.25, 0.3) is 0 Å². The summed E-state index contributed by atoms with van der Waals surface area (Å²) in [5.41, 5.74) is 2.32. The van der Waals surface area contributed by atoms with Gasteiger partial charge in [-0.2, -0.15) is 0 Å². The normalized spacial score (nSPS) is 15.3. The molecule has 1 aliphatic heterocycles. The van der Waals surface area contributed by atoms with Crippen molar-refractivity contribution in [3.05, 3.63) is 41.5 Å². The second kappa shape index (κ2) is 8.67. The van der Waals surface area contributed by atoms with E-state index >= 15 is 0 Å². The molecular weight excluding hydrogens is 320 g/mol. The Morgan fingerprint density at radius 3 is 2.45 bits per heavy atom. The molecule has 2 N–H and O–H groups in total. The van der Waals surface area contributed by atoms with Crippen LogP contribution in [0.3, 0.4) is 0 Å². The standard InChI is InChI=1S/C16H24N2O2S.ClH/c1-13(2)11-14-3-5-16(6-4-14)21(19,20)18-12-15-7-9-17-10-8-15;/h3-7,13,17-18H,8-12H2,1-2H3;1H. The van der Waals surface area contributed by atoms with Crippen molar-refractivity contribution < 1.29 is 8.42 Å². The molecule has 0 bridgehead atoms. The fourth-order valence-electron chi connectivity index (χ4n) is 2.38. The van der Waals surface area contributed by atoms with Crippen LogP contribution >= 0.6 is 12.4 Å². The Labute approximate surface area is 139 Å². The third-order valence-electron chi connectivity index (χ3n) is 3.52. The lowest BCUT2D eigenvalue weighted by Gasteiger charge is -2.15. The van der Waals surface area contributed by atoms with Gasteiger partial charge in [-0.05, 0) is 43.0 Å². The number of nitrogens with one attached hydrogen (secondary N) is 2. The van der Waals surface area contributed by atoms with Gasteiger partial charge in [0.2, 0.25) is 10.0 Å². The molecular formula is C16H25ClN2O2S. The summed E-state index contributed by atoms with van der Waals surface area (Å²) < 4.78 is 27.2. The summed E-state index contributed by atoms with van der Waals surface area (Å²) in [5, 5.41) is 3.21. The fourth-order valence-corrected chi connectivity index (χ4v) is 3.41. The number of rotatable bonds is 6. The molecule has 1 aliphatic rings. The third-order valence-corrected chi connectivity index (χ3v) is 4.94. The van der Waals surface area contributed by atoms with Gasteiger partial charge in [-0.3, -0.25) is 0 Å². The van der Waals surface area contributed by atoms with E-state index in [1.54, 1.807) is 12.1 Å². The molecule has 0 aromatic heterocycles. The van der Waals surface area contributed by atoms with Gasteiger partial charge in [0.15, 0.2) is 0 Å². The Bertz CT molecular complexity index is 595. The van der Waals surface area contributed by atoms with Crippen LogP contribution in [0.2, 0.25) is 0 Å². The van der Waals surface area contributed by atoms with Crippen LogP contribution in [0, 0.1) is 5.92 Å². The molecule has 0 saturated carbocycles. The smallest absolute Gasteiger partial charge is 0.240 e. The van der Waals surface area contributed by atoms with Crippen LogP contribution in [0.1, 0.15) is 25.8 Å². The predicted octanol–water partition coefficient (Wildman–Crippen LogP) is 2.50. The van der Waals surface area contributed by atoms with E-state index in [-0.39, 0.29) is 12.4 Å². The summed E-state index contributed by atoms with van der Waals surface area (Å²) in [6.07, 6.45) is 3.92. The molecule has 0 atom stereocenters. The van der Waals surface area contributed by atoms with E-state index in [0.717, 1.165) is 31.5 Å². The first-order chi connectivity index (χ1) is 9.97. The number of halogens is 1. The highest BCUT2D eigenvalue weighted by atomic mass is 35.5.